The van der Waals surface area contributed by atoms with Crippen molar-refractivity contribution in [3.05, 3.63) is 64.5 Å². The summed E-state index contributed by atoms with van der Waals surface area (Å²) in [6.45, 7) is 0.669. The molecule has 1 aromatic heterocycles. The van der Waals surface area contributed by atoms with Crippen LogP contribution in [0.25, 0.3) is 11.3 Å². The van der Waals surface area contributed by atoms with Crippen LogP contribution in [-0.2, 0) is 10.9 Å². The minimum Gasteiger partial charge on any atom is -0.447 e. The van der Waals surface area contributed by atoms with Gasteiger partial charge in [-0.1, -0.05) is 29.8 Å². The van der Waals surface area contributed by atoms with Crippen molar-refractivity contribution in [3.8, 4) is 11.3 Å². The number of hydrogen-bond acceptors (Lipinski definition) is 6. The molecule has 1 amide bonds. The number of alkyl halides is 3. The summed E-state index contributed by atoms with van der Waals surface area (Å²) in [4.78, 5) is 20.2. The summed E-state index contributed by atoms with van der Waals surface area (Å²) in [7, 11) is 1.74. The van der Waals surface area contributed by atoms with Crippen molar-refractivity contribution in [2.75, 3.05) is 38.3 Å². The van der Waals surface area contributed by atoms with Gasteiger partial charge in [0.15, 0.2) is 5.13 Å². The highest BCUT2D eigenvalue weighted by Crippen LogP contribution is 2.36. The molecule has 0 spiro atoms. The minimum absolute atomic E-state index is 0.0165. The van der Waals surface area contributed by atoms with Crippen molar-refractivity contribution >= 4 is 39.8 Å². The smallest absolute Gasteiger partial charge is 0.420 e. The lowest BCUT2D eigenvalue weighted by Gasteiger charge is -2.22. The Morgan fingerprint density at radius 3 is 2.64 bits per heavy atom. The second kappa shape index (κ2) is 11.0. The summed E-state index contributed by atoms with van der Waals surface area (Å²) in [6, 6.07) is 11.3. The van der Waals surface area contributed by atoms with E-state index in [0.717, 1.165) is 28.4 Å². The third kappa shape index (κ3) is 6.67. The number of thiazole rings is 1. The zero-order chi connectivity index (χ0) is 24.0. The zero-order valence-electron chi connectivity index (χ0n) is 17.6. The fourth-order valence-corrected chi connectivity index (χ4v) is 3.93. The summed E-state index contributed by atoms with van der Waals surface area (Å²) < 4.78 is 45.1. The van der Waals surface area contributed by atoms with E-state index in [4.69, 9.17) is 21.4 Å². The quantitative estimate of drug-likeness (QED) is 0.432. The molecule has 3 aromatic rings. The Morgan fingerprint density at radius 1 is 1.18 bits per heavy atom. The number of benzene rings is 2. The van der Waals surface area contributed by atoms with Gasteiger partial charge < -0.3 is 14.7 Å². The number of aliphatic hydroxyl groups excluding tert-OH is 1. The number of halogens is 4. The van der Waals surface area contributed by atoms with E-state index in [2.05, 4.69) is 4.98 Å². The molecular weight excluding hydrogens is 479 g/mol. The number of ether oxygens (including phenoxy) is 1. The van der Waals surface area contributed by atoms with Crippen LogP contribution in [0.15, 0.2) is 53.9 Å². The number of anilines is 2. The average Bonchev–Trinajstić information content (AvgIpc) is 3.23. The molecule has 1 heterocycles. The Labute approximate surface area is 197 Å². The van der Waals surface area contributed by atoms with Gasteiger partial charge in [0.1, 0.15) is 6.61 Å². The molecule has 33 heavy (non-hydrogen) atoms. The molecule has 0 radical (unpaired) electrons. The molecule has 11 heteroatoms. The second-order valence-electron chi connectivity index (χ2n) is 7.05. The molecule has 0 atom stereocenters. The minimum atomic E-state index is -4.58. The molecule has 0 unspecified atom stereocenters. The third-order valence-corrected chi connectivity index (χ3v) is 5.66. The van der Waals surface area contributed by atoms with E-state index in [0.29, 0.717) is 29.4 Å². The van der Waals surface area contributed by atoms with Gasteiger partial charge in [-0.25, -0.2) is 14.7 Å². The number of rotatable bonds is 8. The van der Waals surface area contributed by atoms with Crippen LogP contribution >= 0.6 is 22.9 Å². The normalized spacial score (nSPS) is 11.6. The molecule has 0 fully saturated rings. The molecule has 3 rings (SSSR count). The highest BCUT2D eigenvalue weighted by molar-refractivity contribution is 7.14. The number of aliphatic hydroxyl groups is 1. The van der Waals surface area contributed by atoms with Gasteiger partial charge in [0, 0.05) is 29.1 Å². The number of amides is 1. The maximum absolute atomic E-state index is 13.3. The first-order chi connectivity index (χ1) is 15.7. The number of carbonyl (C=O) groups is 1. The molecular formula is C22H21ClF3N3O3S. The van der Waals surface area contributed by atoms with Gasteiger partial charge in [-0.15, -0.1) is 11.3 Å². The molecule has 0 saturated carbocycles. The highest BCUT2D eigenvalue weighted by atomic mass is 35.5. The van der Waals surface area contributed by atoms with E-state index in [9.17, 15) is 18.0 Å². The van der Waals surface area contributed by atoms with Crippen LogP contribution in [0.5, 0.6) is 0 Å². The van der Waals surface area contributed by atoms with Crippen LogP contribution in [0, 0.1) is 0 Å². The monoisotopic (exact) mass is 499 g/mol. The number of hydrogen-bond donors (Lipinski definition) is 1. The SMILES string of the molecule is CN(CCO)CCOC(=O)N(c1cccc(C(F)(F)F)c1)c1nc(-c2cccc(Cl)c2)cs1. The highest BCUT2D eigenvalue weighted by Gasteiger charge is 2.32. The summed E-state index contributed by atoms with van der Waals surface area (Å²) in [6.07, 6.45) is -5.44. The van der Waals surface area contributed by atoms with Crippen molar-refractivity contribution in [1.82, 2.24) is 9.88 Å². The Balaban J connectivity index is 1.92. The molecule has 0 saturated heterocycles. The van der Waals surface area contributed by atoms with Gasteiger partial charge in [0.05, 0.1) is 23.6 Å². The Kier molecular flexibility index (Phi) is 8.30. The molecule has 2 aromatic carbocycles. The number of aromatic nitrogens is 1. The first kappa shape index (κ1) is 25.0. The maximum atomic E-state index is 13.3. The van der Waals surface area contributed by atoms with Crippen LogP contribution in [0.1, 0.15) is 5.56 Å². The number of nitrogens with zero attached hydrogens (tertiary/aromatic N) is 3. The van der Waals surface area contributed by atoms with Crippen LogP contribution in [0.2, 0.25) is 5.02 Å². The third-order valence-electron chi connectivity index (χ3n) is 4.60. The van der Waals surface area contributed by atoms with Gasteiger partial charge in [-0.05, 0) is 37.4 Å². The van der Waals surface area contributed by atoms with Crippen molar-refractivity contribution in [2.24, 2.45) is 0 Å². The first-order valence-electron chi connectivity index (χ1n) is 9.84. The van der Waals surface area contributed by atoms with Gasteiger partial charge in [-0.2, -0.15) is 13.2 Å². The first-order valence-corrected chi connectivity index (χ1v) is 11.1. The average molecular weight is 500 g/mol. The fraction of sp³-hybridized carbons (Fsp3) is 0.273. The van der Waals surface area contributed by atoms with Crippen molar-refractivity contribution in [3.63, 3.8) is 0 Å². The van der Waals surface area contributed by atoms with Gasteiger partial charge in [0.2, 0.25) is 0 Å². The molecule has 1 N–H and O–H groups in total. The lowest BCUT2D eigenvalue weighted by Crippen LogP contribution is -2.31. The lowest BCUT2D eigenvalue weighted by molar-refractivity contribution is -0.137. The number of carbonyl (C=O) groups excluding carboxylic acids is 1. The molecule has 6 nitrogen and oxygen atoms in total. The zero-order valence-corrected chi connectivity index (χ0v) is 19.1. The summed E-state index contributed by atoms with van der Waals surface area (Å²) >= 11 is 7.13. The summed E-state index contributed by atoms with van der Waals surface area (Å²) in [5.41, 5.74) is 0.301. The molecule has 0 aliphatic carbocycles. The van der Waals surface area contributed by atoms with Crippen molar-refractivity contribution in [2.45, 2.75) is 6.18 Å². The predicted octanol–water partition coefficient (Wildman–Crippen LogP) is 5.68. The van der Waals surface area contributed by atoms with E-state index in [1.807, 2.05) is 0 Å². The second-order valence-corrected chi connectivity index (χ2v) is 8.32. The maximum Gasteiger partial charge on any atom is 0.420 e. The van der Waals surface area contributed by atoms with Crippen LogP contribution in [0.3, 0.4) is 0 Å². The largest absolute Gasteiger partial charge is 0.447 e. The molecule has 176 valence electrons. The van der Waals surface area contributed by atoms with Crippen LogP contribution in [-0.4, -0.2) is 54.4 Å². The molecule has 0 bridgehead atoms. The van der Waals surface area contributed by atoms with Gasteiger partial charge >= 0.3 is 12.3 Å². The Morgan fingerprint density at radius 2 is 1.94 bits per heavy atom. The van der Waals surface area contributed by atoms with E-state index in [1.54, 1.807) is 41.6 Å². The molecule has 0 aliphatic rings. The standard InChI is InChI=1S/C22H21ClF3N3O3S/c1-28(8-10-30)9-11-32-21(31)29(18-7-3-5-16(13-18)22(24,25)26)20-27-19(14-33-20)15-4-2-6-17(23)12-15/h2-7,12-14,30H,8-11H2,1H3. The van der Waals surface area contributed by atoms with E-state index >= 15 is 0 Å². The fourth-order valence-electron chi connectivity index (χ4n) is 2.90. The lowest BCUT2D eigenvalue weighted by atomic mass is 10.2. The van der Waals surface area contributed by atoms with E-state index in [-0.39, 0.29) is 24.0 Å². The summed E-state index contributed by atoms with van der Waals surface area (Å²) in [5, 5.41) is 11.3. The van der Waals surface area contributed by atoms with Crippen LogP contribution in [0.4, 0.5) is 28.8 Å². The topological polar surface area (TPSA) is 65.9 Å². The van der Waals surface area contributed by atoms with Gasteiger partial charge in [0.25, 0.3) is 0 Å². The number of likely N-dealkylation sites (N-methyl/N-ethyl adjacent to an activating group) is 1. The summed E-state index contributed by atoms with van der Waals surface area (Å²) in [5.74, 6) is 0. The van der Waals surface area contributed by atoms with Crippen molar-refractivity contribution < 1.29 is 27.8 Å². The van der Waals surface area contributed by atoms with Gasteiger partial charge in [-0.3, -0.25) is 0 Å². The van der Waals surface area contributed by atoms with Crippen molar-refractivity contribution in [1.29, 1.82) is 0 Å². The predicted molar refractivity (Wildman–Crippen MR) is 122 cm³/mol. The van der Waals surface area contributed by atoms with E-state index < -0.39 is 17.8 Å². The Hall–Kier alpha value is -2.66. The van der Waals surface area contributed by atoms with Crippen LogP contribution < -0.4 is 4.90 Å². The van der Waals surface area contributed by atoms with E-state index in [1.165, 1.54) is 12.1 Å². The Bertz CT molecular complexity index is 1090. The molecule has 0 aliphatic heterocycles.